The average Bonchev–Trinajstić information content (AvgIpc) is 3.42. The number of anilines is 3. The number of nitrogens with one attached hydrogen (secondary N) is 2. The summed E-state index contributed by atoms with van der Waals surface area (Å²) in [4.78, 5) is 20.5. The van der Waals surface area contributed by atoms with Crippen LogP contribution in [0.5, 0.6) is 0 Å². The first-order valence-corrected chi connectivity index (χ1v) is 10.8. The molecule has 4 heterocycles. The second-order valence-corrected chi connectivity index (χ2v) is 8.00. The van der Waals surface area contributed by atoms with E-state index in [1.165, 1.54) is 25.7 Å². The molecule has 0 bridgehead atoms. The Kier molecular flexibility index (Phi) is 5.31. The molecular weight excluding hydrogens is 376 g/mol. The van der Waals surface area contributed by atoms with Gasteiger partial charge in [-0.1, -0.05) is 12.8 Å². The monoisotopic (exact) mass is 404 g/mol. The van der Waals surface area contributed by atoms with Crippen LogP contribution in [0.25, 0.3) is 11.0 Å². The van der Waals surface area contributed by atoms with E-state index in [4.69, 9.17) is 4.98 Å². The maximum absolute atomic E-state index is 4.85. The minimum absolute atomic E-state index is 0.481. The van der Waals surface area contributed by atoms with Crippen LogP contribution in [0.15, 0.2) is 35.6 Å². The largest absolute Gasteiger partial charge is 0.368 e. The Hall–Kier alpha value is -3.00. The average molecular weight is 405 g/mol. The molecule has 156 valence electrons. The molecule has 3 aromatic rings. The summed E-state index contributed by atoms with van der Waals surface area (Å²) in [6, 6.07) is 6.71. The van der Waals surface area contributed by atoms with E-state index < -0.39 is 0 Å². The molecule has 2 aliphatic rings. The molecule has 0 unspecified atom stereocenters. The highest BCUT2D eigenvalue weighted by molar-refractivity contribution is 5.89. The number of rotatable bonds is 5. The fourth-order valence-corrected chi connectivity index (χ4v) is 4.55. The van der Waals surface area contributed by atoms with E-state index in [0.717, 1.165) is 54.4 Å². The molecule has 1 aliphatic heterocycles. The highest BCUT2D eigenvalue weighted by atomic mass is 15.2. The van der Waals surface area contributed by atoms with Crippen molar-refractivity contribution in [3.63, 3.8) is 0 Å². The zero-order valence-corrected chi connectivity index (χ0v) is 17.4. The van der Waals surface area contributed by atoms with Crippen LogP contribution in [-0.2, 0) is 0 Å². The Balaban J connectivity index is 1.41. The lowest BCUT2D eigenvalue weighted by Gasteiger charge is -2.29. The third-order valence-electron chi connectivity index (χ3n) is 6.03. The van der Waals surface area contributed by atoms with Crippen molar-refractivity contribution in [2.45, 2.75) is 31.7 Å². The molecule has 2 fully saturated rings. The zero-order valence-electron chi connectivity index (χ0n) is 17.4. The van der Waals surface area contributed by atoms with Crippen LogP contribution in [0.1, 0.15) is 37.4 Å². The van der Waals surface area contributed by atoms with E-state index in [0.29, 0.717) is 12.0 Å². The number of hydrogen-bond donors (Lipinski definition) is 2. The van der Waals surface area contributed by atoms with Crippen molar-refractivity contribution < 1.29 is 0 Å². The topological polar surface area (TPSA) is 83.3 Å². The van der Waals surface area contributed by atoms with Crippen molar-refractivity contribution >= 4 is 34.7 Å². The molecule has 1 aliphatic carbocycles. The quantitative estimate of drug-likeness (QED) is 0.636. The maximum Gasteiger partial charge on any atom is 0.230 e. The van der Waals surface area contributed by atoms with Gasteiger partial charge in [-0.15, -0.1) is 0 Å². The second kappa shape index (κ2) is 8.39. The van der Waals surface area contributed by atoms with Crippen LogP contribution in [0.3, 0.4) is 0 Å². The third kappa shape index (κ3) is 3.75. The van der Waals surface area contributed by atoms with Crippen molar-refractivity contribution in [3.05, 3.63) is 36.3 Å². The lowest BCUT2D eigenvalue weighted by atomic mass is 10.2. The van der Waals surface area contributed by atoms with Gasteiger partial charge in [0.25, 0.3) is 0 Å². The minimum Gasteiger partial charge on any atom is -0.368 e. The van der Waals surface area contributed by atoms with Crippen LogP contribution in [0.4, 0.5) is 17.5 Å². The summed E-state index contributed by atoms with van der Waals surface area (Å²) in [6.07, 6.45) is 10.6. The zero-order chi connectivity index (χ0) is 20.3. The van der Waals surface area contributed by atoms with Gasteiger partial charge in [0.05, 0.1) is 17.6 Å². The number of aromatic nitrogens is 4. The van der Waals surface area contributed by atoms with Gasteiger partial charge in [-0.2, -0.15) is 4.98 Å². The standard InChI is InChI=1S/C22H28N8/c1-23-14-19-12-16-13-26-22(28-21(16)30(19)17-4-2-3-5-17)27-20-7-6-18(15-25-20)29-10-8-24-9-11-29/h6-7,12-15,17,24H,2-5,8-11H2,1H3,(H,25,26,27,28)/b23-14+. The van der Waals surface area contributed by atoms with Crippen LogP contribution >= 0.6 is 0 Å². The SMILES string of the molecule is C/N=C/c1cc2cnc(Nc3ccc(N4CCNCC4)cn3)nc2n1C1CCCC1. The van der Waals surface area contributed by atoms with Gasteiger partial charge in [0.2, 0.25) is 5.95 Å². The normalized spacial score (nSPS) is 18.0. The first-order chi connectivity index (χ1) is 14.8. The molecule has 0 amide bonds. The van der Waals surface area contributed by atoms with E-state index in [9.17, 15) is 0 Å². The molecule has 0 spiro atoms. The van der Waals surface area contributed by atoms with Gasteiger partial charge in [-0.25, -0.2) is 9.97 Å². The Bertz CT molecular complexity index is 1030. The van der Waals surface area contributed by atoms with Gasteiger partial charge < -0.3 is 20.1 Å². The van der Waals surface area contributed by atoms with Crippen LogP contribution in [0.2, 0.25) is 0 Å². The molecule has 1 saturated carbocycles. The Labute approximate surface area is 176 Å². The van der Waals surface area contributed by atoms with E-state index in [-0.39, 0.29) is 0 Å². The van der Waals surface area contributed by atoms with Gasteiger partial charge in [-0.05, 0) is 31.0 Å². The molecule has 30 heavy (non-hydrogen) atoms. The van der Waals surface area contributed by atoms with Crippen molar-refractivity contribution in [3.8, 4) is 0 Å². The first-order valence-electron chi connectivity index (χ1n) is 10.8. The van der Waals surface area contributed by atoms with E-state index >= 15 is 0 Å². The molecular formula is C22H28N8. The van der Waals surface area contributed by atoms with Gasteiger partial charge in [0.1, 0.15) is 11.5 Å². The van der Waals surface area contributed by atoms with E-state index in [1.54, 1.807) is 0 Å². The fraction of sp³-hybridized carbons (Fsp3) is 0.455. The molecule has 8 heteroatoms. The molecule has 0 aromatic carbocycles. The predicted molar refractivity (Wildman–Crippen MR) is 121 cm³/mol. The van der Waals surface area contributed by atoms with Gasteiger partial charge in [-0.3, -0.25) is 4.99 Å². The van der Waals surface area contributed by atoms with Gasteiger partial charge >= 0.3 is 0 Å². The van der Waals surface area contributed by atoms with Crippen molar-refractivity contribution in [2.75, 3.05) is 43.4 Å². The van der Waals surface area contributed by atoms with Gasteiger partial charge in [0.15, 0.2) is 0 Å². The highest BCUT2D eigenvalue weighted by Gasteiger charge is 2.22. The number of aliphatic imine (C=N–C) groups is 1. The van der Waals surface area contributed by atoms with Crippen molar-refractivity contribution in [2.24, 2.45) is 4.99 Å². The second-order valence-electron chi connectivity index (χ2n) is 8.00. The lowest BCUT2D eigenvalue weighted by Crippen LogP contribution is -2.43. The van der Waals surface area contributed by atoms with Crippen LogP contribution in [-0.4, -0.2) is 59.0 Å². The number of pyridine rings is 1. The highest BCUT2D eigenvalue weighted by Crippen LogP contribution is 2.34. The number of piperazine rings is 1. The molecule has 3 aromatic heterocycles. The Morgan fingerprint density at radius 2 is 1.97 bits per heavy atom. The Morgan fingerprint density at radius 1 is 1.13 bits per heavy atom. The molecule has 5 rings (SSSR count). The smallest absolute Gasteiger partial charge is 0.230 e. The summed E-state index contributed by atoms with van der Waals surface area (Å²) in [5, 5.41) is 7.70. The van der Waals surface area contributed by atoms with Crippen LogP contribution in [0, 0.1) is 0 Å². The summed E-state index contributed by atoms with van der Waals surface area (Å²) in [5.74, 6) is 1.32. The lowest BCUT2D eigenvalue weighted by molar-refractivity contribution is 0.530. The van der Waals surface area contributed by atoms with Gasteiger partial charge in [0, 0.05) is 57.1 Å². The van der Waals surface area contributed by atoms with Crippen LogP contribution < -0.4 is 15.5 Å². The predicted octanol–water partition coefficient (Wildman–Crippen LogP) is 3.14. The maximum atomic E-state index is 4.85. The third-order valence-corrected chi connectivity index (χ3v) is 6.03. The molecule has 1 saturated heterocycles. The minimum atomic E-state index is 0.481. The van der Waals surface area contributed by atoms with E-state index in [1.807, 2.05) is 31.7 Å². The molecule has 0 atom stereocenters. The molecule has 0 radical (unpaired) electrons. The molecule has 2 N–H and O–H groups in total. The number of fused-ring (bicyclic) bond motifs is 1. The van der Waals surface area contributed by atoms with E-state index in [2.05, 4.69) is 47.2 Å². The first kappa shape index (κ1) is 19.0. The molecule has 8 nitrogen and oxygen atoms in total. The summed E-state index contributed by atoms with van der Waals surface area (Å²) in [6.45, 7) is 4.05. The summed E-state index contributed by atoms with van der Waals surface area (Å²) >= 11 is 0. The van der Waals surface area contributed by atoms with Crippen molar-refractivity contribution in [1.82, 2.24) is 24.8 Å². The fourth-order valence-electron chi connectivity index (χ4n) is 4.55. The number of nitrogens with zero attached hydrogens (tertiary/aromatic N) is 6. The number of hydrogen-bond acceptors (Lipinski definition) is 7. The Morgan fingerprint density at radius 3 is 2.70 bits per heavy atom. The summed E-state index contributed by atoms with van der Waals surface area (Å²) in [7, 11) is 1.81. The summed E-state index contributed by atoms with van der Waals surface area (Å²) < 4.78 is 2.34. The summed E-state index contributed by atoms with van der Waals surface area (Å²) in [5.41, 5.74) is 3.22. The van der Waals surface area contributed by atoms with Crippen molar-refractivity contribution in [1.29, 1.82) is 0 Å².